The molecule has 8 nitrogen and oxygen atoms in total. The molecule has 0 rings (SSSR count). The molecule has 0 fully saturated rings. The number of nitrogens with two attached hydrogens (primary N) is 1. The van der Waals surface area contributed by atoms with Gasteiger partial charge in [-0.2, -0.15) is 0 Å². The molecule has 3 N–H and O–H groups in total. The fraction of sp³-hybridized carbons (Fsp3) is 0.714. The largest absolute Gasteiger partial charge is 0.456 e. The van der Waals surface area contributed by atoms with Crippen LogP contribution < -0.4 is 11.1 Å². The fourth-order valence-corrected chi connectivity index (χ4v) is 2.75. The summed E-state index contributed by atoms with van der Waals surface area (Å²) in [6, 6.07) is -0.910. The first-order chi connectivity index (χ1) is 10.4. The lowest BCUT2D eigenvalue weighted by Gasteiger charge is -2.28. The molecule has 0 aromatic carbocycles. The zero-order chi connectivity index (χ0) is 18.2. The number of hydrogen-bond donors (Lipinski definition) is 2. The number of primary amides is 1. The summed E-state index contributed by atoms with van der Waals surface area (Å²) in [6.07, 6.45) is -0.508. The summed E-state index contributed by atoms with van der Waals surface area (Å²) in [5.74, 6) is -1.51. The van der Waals surface area contributed by atoms with Crippen molar-refractivity contribution in [2.45, 2.75) is 32.4 Å². The van der Waals surface area contributed by atoms with E-state index in [4.69, 9.17) is 10.5 Å². The maximum Gasteiger partial charge on any atom is 0.303 e. The lowest BCUT2D eigenvalue weighted by atomic mass is 10.2. The summed E-state index contributed by atoms with van der Waals surface area (Å²) in [6.45, 7) is 3.04. The third-order valence-electron chi connectivity index (χ3n) is 2.61. The highest BCUT2D eigenvalue weighted by molar-refractivity contribution is 8.13. The van der Waals surface area contributed by atoms with E-state index in [2.05, 4.69) is 5.32 Å². The average molecular weight is 348 g/mol. The molecule has 23 heavy (non-hydrogen) atoms. The van der Waals surface area contributed by atoms with Gasteiger partial charge in [-0.25, -0.2) is 0 Å². The lowest BCUT2D eigenvalue weighted by molar-refractivity contribution is -0.873. The first kappa shape index (κ1) is 21.4. The number of nitrogens with one attached hydrogen (secondary N) is 1. The monoisotopic (exact) mass is 348 g/mol. The van der Waals surface area contributed by atoms with E-state index in [1.54, 1.807) is 0 Å². The Kier molecular flexibility index (Phi) is 8.85. The van der Waals surface area contributed by atoms with E-state index in [0.29, 0.717) is 11.0 Å². The molecular formula is C14H26N3O5S+. The molecule has 0 spiro atoms. The smallest absolute Gasteiger partial charge is 0.303 e. The third-order valence-corrected chi connectivity index (χ3v) is 3.60. The van der Waals surface area contributed by atoms with Crippen LogP contribution in [-0.4, -0.2) is 73.0 Å². The van der Waals surface area contributed by atoms with Gasteiger partial charge in [0.2, 0.25) is 11.8 Å². The Morgan fingerprint density at radius 3 is 2.13 bits per heavy atom. The van der Waals surface area contributed by atoms with Crippen LogP contribution in [0.5, 0.6) is 0 Å². The van der Waals surface area contributed by atoms with Crippen LogP contribution in [-0.2, 0) is 23.9 Å². The van der Waals surface area contributed by atoms with Crippen LogP contribution in [0.1, 0.15) is 20.3 Å². The predicted molar refractivity (Wildman–Crippen MR) is 87.3 cm³/mol. The minimum absolute atomic E-state index is 0.0331. The highest BCUT2D eigenvalue weighted by Gasteiger charge is 2.25. The molecular weight excluding hydrogens is 322 g/mol. The molecule has 2 atom stereocenters. The van der Waals surface area contributed by atoms with Gasteiger partial charge in [0.15, 0.2) is 11.2 Å². The van der Waals surface area contributed by atoms with E-state index in [0.717, 1.165) is 11.8 Å². The topological polar surface area (TPSA) is 116 Å². The van der Waals surface area contributed by atoms with E-state index in [1.807, 2.05) is 21.1 Å². The second kappa shape index (κ2) is 9.51. The molecule has 9 heteroatoms. The molecule has 0 aromatic rings. The Morgan fingerprint density at radius 2 is 1.74 bits per heavy atom. The molecule has 0 bridgehead atoms. The van der Waals surface area contributed by atoms with Gasteiger partial charge in [0.1, 0.15) is 12.6 Å². The van der Waals surface area contributed by atoms with Gasteiger partial charge in [0, 0.05) is 19.6 Å². The Balaban J connectivity index is 4.58. The maximum absolute atomic E-state index is 12.0. The van der Waals surface area contributed by atoms with Gasteiger partial charge in [0.25, 0.3) is 0 Å². The van der Waals surface area contributed by atoms with Crippen molar-refractivity contribution in [2.24, 2.45) is 5.73 Å². The summed E-state index contributed by atoms with van der Waals surface area (Å²) in [7, 11) is 5.77. The van der Waals surface area contributed by atoms with Gasteiger partial charge in [-0.3, -0.25) is 19.2 Å². The first-order valence-electron chi connectivity index (χ1n) is 7.10. The highest BCUT2D eigenvalue weighted by atomic mass is 32.2. The highest BCUT2D eigenvalue weighted by Crippen LogP contribution is 2.13. The number of nitrogens with zero attached hydrogens (tertiary/aromatic N) is 1. The molecule has 0 aliphatic rings. The standard InChI is InChI=1S/C14H25N3O5S/c1-9(18)16-12(14(15)21)8-23-13(20)6-11(22-10(2)19)7-17(3,4)5/h11-12H,6-8H2,1-5H3,(H2-,15,16,18,21)/p+1. The van der Waals surface area contributed by atoms with Crippen LogP contribution in [0.3, 0.4) is 0 Å². The zero-order valence-electron chi connectivity index (χ0n) is 14.3. The molecule has 2 amide bonds. The number of rotatable bonds is 9. The minimum Gasteiger partial charge on any atom is -0.456 e. The summed E-state index contributed by atoms with van der Waals surface area (Å²) in [4.78, 5) is 45.4. The number of carbonyl (C=O) groups excluding carboxylic acids is 4. The first-order valence-corrected chi connectivity index (χ1v) is 8.09. The second-order valence-electron chi connectivity index (χ2n) is 6.25. The van der Waals surface area contributed by atoms with Crippen LogP contribution in [0, 0.1) is 0 Å². The number of amides is 2. The average Bonchev–Trinajstić information content (AvgIpc) is 2.30. The van der Waals surface area contributed by atoms with Gasteiger partial charge in [-0.15, -0.1) is 0 Å². The molecule has 0 aromatic heterocycles. The Labute approximate surface area is 140 Å². The number of likely N-dealkylation sites (N-methyl/N-ethyl adjacent to an activating group) is 1. The van der Waals surface area contributed by atoms with E-state index in [9.17, 15) is 19.2 Å². The van der Waals surface area contributed by atoms with Gasteiger partial charge < -0.3 is 20.3 Å². The van der Waals surface area contributed by atoms with E-state index < -0.39 is 29.9 Å². The summed E-state index contributed by atoms with van der Waals surface area (Å²) in [5, 5.41) is 2.15. The number of ether oxygens (including phenoxy) is 1. The maximum atomic E-state index is 12.0. The molecule has 0 heterocycles. The van der Waals surface area contributed by atoms with Crippen molar-refractivity contribution in [1.29, 1.82) is 0 Å². The second-order valence-corrected chi connectivity index (χ2v) is 7.32. The number of quaternary nitrogens is 1. The van der Waals surface area contributed by atoms with Gasteiger partial charge in [-0.1, -0.05) is 11.8 Å². The van der Waals surface area contributed by atoms with Crippen LogP contribution in [0.2, 0.25) is 0 Å². The molecule has 0 radical (unpaired) electrons. The minimum atomic E-state index is -0.910. The number of hydrogen-bond acceptors (Lipinski definition) is 6. The van der Waals surface area contributed by atoms with Crippen LogP contribution in [0.4, 0.5) is 0 Å². The summed E-state index contributed by atoms with van der Waals surface area (Å²) < 4.78 is 5.70. The van der Waals surface area contributed by atoms with E-state index >= 15 is 0 Å². The van der Waals surface area contributed by atoms with Gasteiger partial charge >= 0.3 is 5.97 Å². The molecule has 0 saturated carbocycles. The van der Waals surface area contributed by atoms with Crippen molar-refractivity contribution >= 4 is 34.7 Å². The van der Waals surface area contributed by atoms with Gasteiger partial charge in [0.05, 0.1) is 27.6 Å². The van der Waals surface area contributed by atoms with Crippen molar-refractivity contribution in [2.75, 3.05) is 33.4 Å². The Hall–Kier alpha value is -1.61. The van der Waals surface area contributed by atoms with Crippen molar-refractivity contribution in [3.63, 3.8) is 0 Å². The lowest BCUT2D eigenvalue weighted by Crippen LogP contribution is -2.45. The summed E-state index contributed by atoms with van der Waals surface area (Å²) >= 11 is 0.884. The van der Waals surface area contributed by atoms with Crippen LogP contribution >= 0.6 is 11.8 Å². The normalized spacial score (nSPS) is 13.8. The SMILES string of the molecule is CC(=O)NC(CSC(=O)CC(C[N+](C)(C)C)OC(C)=O)C(N)=O. The van der Waals surface area contributed by atoms with E-state index in [1.165, 1.54) is 13.8 Å². The molecule has 0 saturated heterocycles. The fourth-order valence-electron chi connectivity index (χ4n) is 1.85. The van der Waals surface area contributed by atoms with Crippen molar-refractivity contribution in [1.82, 2.24) is 5.32 Å². The molecule has 132 valence electrons. The quantitative estimate of drug-likeness (QED) is 0.419. The zero-order valence-corrected chi connectivity index (χ0v) is 15.1. The number of thioether (sulfide) groups is 1. The Bertz CT molecular complexity index is 462. The number of carbonyl (C=O) groups is 4. The van der Waals surface area contributed by atoms with Crippen molar-refractivity contribution in [3.05, 3.63) is 0 Å². The number of esters is 1. The molecule has 2 unspecified atom stereocenters. The molecule has 0 aliphatic carbocycles. The van der Waals surface area contributed by atoms with E-state index in [-0.39, 0.29) is 17.3 Å². The van der Waals surface area contributed by atoms with Crippen molar-refractivity contribution < 1.29 is 28.4 Å². The van der Waals surface area contributed by atoms with Crippen LogP contribution in [0.25, 0.3) is 0 Å². The third kappa shape index (κ3) is 11.6. The van der Waals surface area contributed by atoms with Gasteiger partial charge in [-0.05, 0) is 0 Å². The Morgan fingerprint density at radius 1 is 1.17 bits per heavy atom. The summed E-state index contributed by atoms with van der Waals surface area (Å²) in [5.41, 5.74) is 5.17. The van der Waals surface area contributed by atoms with Crippen LogP contribution in [0.15, 0.2) is 0 Å². The molecule has 0 aliphatic heterocycles. The van der Waals surface area contributed by atoms with Crippen molar-refractivity contribution in [3.8, 4) is 0 Å². The predicted octanol–water partition coefficient (Wildman–Crippen LogP) is -0.736.